The van der Waals surface area contributed by atoms with Crippen molar-refractivity contribution >= 4 is 5.91 Å². The number of likely N-dealkylation sites (N-methyl/N-ethyl adjacent to an activating group) is 1. The molecule has 0 saturated carbocycles. The van der Waals surface area contributed by atoms with Crippen LogP contribution in [-0.2, 0) is 14.3 Å². The molecule has 2 N–H and O–H groups in total. The predicted molar refractivity (Wildman–Crippen MR) is 52.1 cm³/mol. The van der Waals surface area contributed by atoms with Gasteiger partial charge in [-0.2, -0.15) is 0 Å². The third-order valence-corrected chi connectivity index (χ3v) is 2.18. The third kappa shape index (κ3) is 3.61. The summed E-state index contributed by atoms with van der Waals surface area (Å²) in [5, 5.41) is 5.83. The van der Waals surface area contributed by atoms with Crippen molar-refractivity contribution in [2.24, 2.45) is 0 Å². The zero-order valence-corrected chi connectivity index (χ0v) is 8.71. The fourth-order valence-corrected chi connectivity index (χ4v) is 1.11. The summed E-state index contributed by atoms with van der Waals surface area (Å²) in [5.41, 5.74) is 0. The van der Waals surface area contributed by atoms with Gasteiger partial charge in [0, 0.05) is 12.6 Å². The Hall–Kier alpha value is -0.650. The molecule has 1 amide bonds. The fourth-order valence-electron chi connectivity index (χ4n) is 1.11. The average Bonchev–Trinajstić information content (AvgIpc) is 2.26. The molecule has 0 aliphatic carbocycles. The molecule has 1 fully saturated rings. The highest BCUT2D eigenvalue weighted by Crippen LogP contribution is 2.00. The molecule has 0 aromatic heterocycles. The maximum atomic E-state index is 11.5. The highest BCUT2D eigenvalue weighted by atomic mass is 16.6. The van der Waals surface area contributed by atoms with E-state index >= 15 is 0 Å². The van der Waals surface area contributed by atoms with Gasteiger partial charge in [0.1, 0.15) is 0 Å². The number of carbonyl (C=O) groups excluding carboxylic acids is 1. The summed E-state index contributed by atoms with van der Waals surface area (Å²) in [6.45, 7) is 4.05. The Morgan fingerprint density at radius 2 is 2.36 bits per heavy atom. The van der Waals surface area contributed by atoms with E-state index in [1.807, 2.05) is 14.0 Å². The van der Waals surface area contributed by atoms with Crippen LogP contribution in [0.25, 0.3) is 0 Å². The van der Waals surface area contributed by atoms with E-state index in [1.165, 1.54) is 0 Å². The Morgan fingerprint density at radius 3 is 2.93 bits per heavy atom. The van der Waals surface area contributed by atoms with E-state index in [2.05, 4.69) is 10.6 Å². The molecule has 0 radical (unpaired) electrons. The molecule has 0 aromatic rings. The lowest BCUT2D eigenvalue weighted by Crippen LogP contribution is -2.46. The first-order chi connectivity index (χ1) is 6.74. The number of rotatable bonds is 4. The Morgan fingerprint density at radius 1 is 1.57 bits per heavy atom. The van der Waals surface area contributed by atoms with E-state index in [0.717, 1.165) is 0 Å². The lowest BCUT2D eigenvalue weighted by molar-refractivity contribution is -0.147. The molecule has 1 rings (SSSR count). The monoisotopic (exact) mass is 202 g/mol. The van der Waals surface area contributed by atoms with Gasteiger partial charge < -0.3 is 20.1 Å². The van der Waals surface area contributed by atoms with Crippen LogP contribution in [-0.4, -0.2) is 51.5 Å². The maximum absolute atomic E-state index is 11.5. The van der Waals surface area contributed by atoms with Crippen LogP contribution in [0.3, 0.4) is 0 Å². The molecule has 2 atom stereocenters. The number of nitrogens with one attached hydrogen (secondary N) is 2. The van der Waals surface area contributed by atoms with Crippen molar-refractivity contribution in [3.05, 3.63) is 0 Å². The zero-order valence-electron chi connectivity index (χ0n) is 8.71. The first-order valence-corrected chi connectivity index (χ1v) is 4.88. The van der Waals surface area contributed by atoms with Crippen LogP contribution in [0, 0.1) is 0 Å². The summed E-state index contributed by atoms with van der Waals surface area (Å²) in [5.74, 6) is -0.0909. The summed E-state index contributed by atoms with van der Waals surface area (Å²) in [6, 6.07) is 0.267. The van der Waals surface area contributed by atoms with Gasteiger partial charge in [-0.1, -0.05) is 0 Å². The number of amides is 1. The molecule has 1 heterocycles. The van der Waals surface area contributed by atoms with E-state index in [0.29, 0.717) is 26.4 Å². The predicted octanol–water partition coefficient (Wildman–Crippen LogP) is -0.874. The lowest BCUT2D eigenvalue weighted by atomic mass is 10.3. The highest BCUT2D eigenvalue weighted by molar-refractivity contribution is 5.81. The van der Waals surface area contributed by atoms with Crippen LogP contribution in [0.1, 0.15) is 6.92 Å². The van der Waals surface area contributed by atoms with Gasteiger partial charge in [-0.25, -0.2) is 0 Å². The summed E-state index contributed by atoms with van der Waals surface area (Å²) in [4.78, 5) is 11.5. The van der Waals surface area contributed by atoms with Crippen LogP contribution in [0.15, 0.2) is 0 Å². The topological polar surface area (TPSA) is 59.6 Å². The van der Waals surface area contributed by atoms with E-state index in [1.54, 1.807) is 0 Å². The van der Waals surface area contributed by atoms with Crippen LogP contribution >= 0.6 is 0 Å². The Labute approximate surface area is 84.1 Å². The second-order valence-corrected chi connectivity index (χ2v) is 3.37. The Bertz CT molecular complexity index is 181. The van der Waals surface area contributed by atoms with Gasteiger partial charge in [-0.3, -0.25) is 4.79 Å². The second-order valence-electron chi connectivity index (χ2n) is 3.37. The van der Waals surface area contributed by atoms with Crippen LogP contribution in [0.2, 0.25) is 0 Å². The van der Waals surface area contributed by atoms with Gasteiger partial charge in [-0.15, -0.1) is 0 Å². The SMILES string of the molecule is CNC(C)CNC(=O)C1COCCO1. The number of carbonyl (C=O) groups is 1. The molecular weight excluding hydrogens is 184 g/mol. The minimum atomic E-state index is -0.437. The van der Waals surface area contributed by atoms with E-state index in [-0.39, 0.29) is 11.9 Å². The highest BCUT2D eigenvalue weighted by Gasteiger charge is 2.22. The van der Waals surface area contributed by atoms with Crippen molar-refractivity contribution in [3.8, 4) is 0 Å². The third-order valence-electron chi connectivity index (χ3n) is 2.18. The summed E-state index contributed by atoms with van der Waals surface area (Å²) in [6.07, 6.45) is -0.437. The molecular formula is C9H18N2O3. The van der Waals surface area contributed by atoms with Gasteiger partial charge in [0.15, 0.2) is 6.10 Å². The number of ether oxygens (including phenoxy) is 2. The van der Waals surface area contributed by atoms with Crippen molar-refractivity contribution in [3.63, 3.8) is 0 Å². The van der Waals surface area contributed by atoms with Gasteiger partial charge in [0.2, 0.25) is 0 Å². The van der Waals surface area contributed by atoms with Gasteiger partial charge in [0.25, 0.3) is 5.91 Å². The van der Waals surface area contributed by atoms with Crippen molar-refractivity contribution < 1.29 is 14.3 Å². The molecule has 5 heteroatoms. The molecule has 5 nitrogen and oxygen atoms in total. The standard InChI is InChI=1S/C9H18N2O3/c1-7(10-2)5-11-9(12)8-6-13-3-4-14-8/h7-8,10H,3-6H2,1-2H3,(H,11,12). The largest absolute Gasteiger partial charge is 0.376 e. The van der Waals surface area contributed by atoms with E-state index < -0.39 is 6.10 Å². The summed E-state index contributed by atoms with van der Waals surface area (Å²) >= 11 is 0. The quantitative estimate of drug-likeness (QED) is 0.622. The first-order valence-electron chi connectivity index (χ1n) is 4.88. The van der Waals surface area contributed by atoms with Crippen LogP contribution < -0.4 is 10.6 Å². The maximum Gasteiger partial charge on any atom is 0.251 e. The number of hydrogen-bond donors (Lipinski definition) is 2. The molecule has 0 spiro atoms. The van der Waals surface area contributed by atoms with Crippen LogP contribution in [0.5, 0.6) is 0 Å². The van der Waals surface area contributed by atoms with Crippen LogP contribution in [0.4, 0.5) is 0 Å². The van der Waals surface area contributed by atoms with Gasteiger partial charge >= 0.3 is 0 Å². The molecule has 1 saturated heterocycles. The Kier molecular flexibility index (Phi) is 4.86. The molecule has 0 bridgehead atoms. The lowest BCUT2D eigenvalue weighted by Gasteiger charge is -2.22. The first kappa shape index (κ1) is 11.4. The molecule has 14 heavy (non-hydrogen) atoms. The van der Waals surface area contributed by atoms with Crippen molar-refractivity contribution in [2.45, 2.75) is 19.1 Å². The zero-order chi connectivity index (χ0) is 10.4. The summed E-state index contributed by atoms with van der Waals surface area (Å²) < 4.78 is 10.4. The van der Waals surface area contributed by atoms with Crippen molar-refractivity contribution in [1.29, 1.82) is 0 Å². The van der Waals surface area contributed by atoms with Gasteiger partial charge in [0.05, 0.1) is 19.8 Å². The Balaban J connectivity index is 2.19. The van der Waals surface area contributed by atoms with Gasteiger partial charge in [-0.05, 0) is 14.0 Å². The fraction of sp³-hybridized carbons (Fsp3) is 0.889. The molecule has 2 unspecified atom stereocenters. The van der Waals surface area contributed by atoms with E-state index in [4.69, 9.17) is 9.47 Å². The minimum absolute atomic E-state index is 0.0909. The molecule has 1 aliphatic rings. The molecule has 1 aliphatic heterocycles. The smallest absolute Gasteiger partial charge is 0.251 e. The molecule has 0 aromatic carbocycles. The van der Waals surface area contributed by atoms with Crippen molar-refractivity contribution in [2.75, 3.05) is 33.4 Å². The summed E-state index contributed by atoms with van der Waals surface area (Å²) in [7, 11) is 1.86. The number of hydrogen-bond acceptors (Lipinski definition) is 4. The average molecular weight is 202 g/mol. The molecule has 82 valence electrons. The van der Waals surface area contributed by atoms with E-state index in [9.17, 15) is 4.79 Å². The normalized spacial score (nSPS) is 24.3. The van der Waals surface area contributed by atoms with Crippen molar-refractivity contribution in [1.82, 2.24) is 10.6 Å². The second kappa shape index (κ2) is 5.95. The minimum Gasteiger partial charge on any atom is -0.376 e.